The number of imide groups is 2. The van der Waals surface area contributed by atoms with Gasteiger partial charge in [-0.25, -0.2) is 4.85 Å². The minimum Gasteiger partial charge on any atom is -0.487 e. The van der Waals surface area contributed by atoms with Crippen LogP contribution in [0.1, 0.15) is 100.0 Å². The molecule has 0 radical (unpaired) electrons. The van der Waals surface area contributed by atoms with E-state index in [0.29, 0.717) is 52.2 Å². The zero-order chi connectivity index (χ0) is 38.1. The Labute approximate surface area is 323 Å². The van der Waals surface area contributed by atoms with Crippen LogP contribution in [0.5, 0.6) is 5.75 Å². The van der Waals surface area contributed by atoms with Gasteiger partial charge in [0.05, 0.1) is 22.7 Å². The summed E-state index contributed by atoms with van der Waals surface area (Å²) in [6.45, 7) is 11.4. The van der Waals surface area contributed by atoms with E-state index in [-0.39, 0.29) is 35.8 Å². The van der Waals surface area contributed by atoms with Crippen molar-refractivity contribution in [2.24, 2.45) is 5.92 Å². The molecule has 6 aliphatic rings. The van der Waals surface area contributed by atoms with Gasteiger partial charge in [0, 0.05) is 62.4 Å². The van der Waals surface area contributed by atoms with E-state index in [9.17, 15) is 24.0 Å². The molecule has 2 saturated carbocycles. The number of fused-ring (bicyclic) bond motifs is 4. The predicted molar refractivity (Wildman–Crippen MR) is 203 cm³/mol. The Hall–Kier alpha value is -5.25. The SMILES string of the molecule is [C-]#[N+]c1ccc(OC23CCC(NC(=O)c4ccc(N5CCC(CN6Cc7cc8c(cc7C6)C(=O)N(C6CCC(=O)NC6=O)C8=O)CC5)cc4)(CC2)C3)cc1Cl. The van der Waals surface area contributed by atoms with Gasteiger partial charge in [-0.2, -0.15) is 0 Å². The Kier molecular flexibility index (Phi) is 8.70. The maximum absolute atomic E-state index is 13.5. The number of nitrogens with one attached hydrogen (secondary N) is 2. The molecule has 3 aromatic carbocycles. The molecule has 4 aliphatic heterocycles. The Bertz CT molecular complexity index is 2140. The number of nitrogens with zero attached hydrogens (tertiary/aromatic N) is 4. The first-order valence-electron chi connectivity index (χ1n) is 19.1. The van der Waals surface area contributed by atoms with Crippen molar-refractivity contribution in [2.75, 3.05) is 24.5 Å². The number of rotatable bonds is 8. The van der Waals surface area contributed by atoms with E-state index in [1.54, 1.807) is 18.2 Å². The molecule has 55 heavy (non-hydrogen) atoms. The van der Waals surface area contributed by atoms with Crippen LogP contribution in [0, 0.1) is 12.5 Å². The van der Waals surface area contributed by atoms with Crippen LogP contribution in [0.25, 0.3) is 4.85 Å². The molecule has 282 valence electrons. The maximum Gasteiger partial charge on any atom is 0.262 e. The summed E-state index contributed by atoms with van der Waals surface area (Å²) < 4.78 is 6.45. The molecule has 2 aliphatic carbocycles. The standard InChI is InChI=1S/C42H41ClN6O6/c1-44-34-7-6-30(20-33(34)43)55-42-14-12-41(24-42,13-15-42)46-37(51)26-2-4-29(5-3-26)48-16-10-25(11-17-48)21-47-22-27-18-31-32(19-28(27)23-47)40(54)49(39(31)53)35-8-9-36(50)45-38(35)52/h2-7,18-20,25,35H,8-17,21-24H2,(H,46,51)(H,45,50,52). The number of anilines is 1. The number of halogens is 1. The molecule has 1 atom stereocenters. The van der Waals surface area contributed by atoms with Crippen LogP contribution in [0.4, 0.5) is 11.4 Å². The van der Waals surface area contributed by atoms with Crippen molar-refractivity contribution in [3.05, 3.63) is 98.9 Å². The highest BCUT2D eigenvalue weighted by molar-refractivity contribution is 6.33. The Morgan fingerprint density at radius 2 is 1.58 bits per heavy atom. The van der Waals surface area contributed by atoms with Gasteiger partial charge < -0.3 is 15.0 Å². The molecule has 12 nitrogen and oxygen atoms in total. The second-order valence-electron chi connectivity index (χ2n) is 16.2. The number of hydrogen-bond acceptors (Lipinski definition) is 8. The molecular formula is C42H41ClN6O6. The summed E-state index contributed by atoms with van der Waals surface area (Å²) in [6.07, 6.45) is 6.47. The number of amides is 5. The van der Waals surface area contributed by atoms with Gasteiger partial charge in [0.2, 0.25) is 17.5 Å². The first kappa shape index (κ1) is 35.5. The highest BCUT2D eigenvalue weighted by atomic mass is 35.5. The minimum absolute atomic E-state index is 0.0652. The molecule has 2 bridgehead atoms. The molecule has 1 unspecified atom stereocenters. The highest BCUT2D eigenvalue weighted by Crippen LogP contribution is 2.53. The van der Waals surface area contributed by atoms with Crippen LogP contribution in [0.2, 0.25) is 5.02 Å². The maximum atomic E-state index is 13.5. The van der Waals surface area contributed by atoms with Gasteiger partial charge in [-0.05, 0) is 111 Å². The highest BCUT2D eigenvalue weighted by Gasteiger charge is 2.57. The zero-order valence-electron chi connectivity index (χ0n) is 30.4. The summed E-state index contributed by atoms with van der Waals surface area (Å²) in [6, 6.07) is 15.8. The lowest BCUT2D eigenvalue weighted by Crippen LogP contribution is -2.54. The van der Waals surface area contributed by atoms with Gasteiger partial charge in [0.25, 0.3) is 17.7 Å². The zero-order valence-corrected chi connectivity index (χ0v) is 31.1. The minimum atomic E-state index is -0.962. The molecule has 2 saturated heterocycles. The van der Waals surface area contributed by atoms with Gasteiger partial charge in [-0.3, -0.25) is 39.1 Å². The summed E-state index contributed by atoms with van der Waals surface area (Å²) in [7, 11) is 0. The van der Waals surface area contributed by atoms with Gasteiger partial charge >= 0.3 is 0 Å². The van der Waals surface area contributed by atoms with Crippen molar-refractivity contribution in [1.29, 1.82) is 0 Å². The molecule has 13 heteroatoms. The lowest BCUT2D eigenvalue weighted by Gasteiger charge is -2.35. The summed E-state index contributed by atoms with van der Waals surface area (Å²) >= 11 is 6.25. The number of carbonyl (C=O) groups excluding carboxylic acids is 5. The number of hydrogen-bond donors (Lipinski definition) is 2. The van der Waals surface area contributed by atoms with Crippen molar-refractivity contribution in [1.82, 2.24) is 20.4 Å². The Morgan fingerprint density at radius 1 is 0.909 bits per heavy atom. The predicted octanol–water partition coefficient (Wildman–Crippen LogP) is 5.79. The van der Waals surface area contributed by atoms with Crippen molar-refractivity contribution in [3.8, 4) is 5.75 Å². The van der Waals surface area contributed by atoms with E-state index in [1.807, 2.05) is 36.4 Å². The number of benzene rings is 3. The molecular weight excluding hydrogens is 720 g/mol. The first-order valence-corrected chi connectivity index (χ1v) is 19.5. The molecule has 4 heterocycles. The van der Waals surface area contributed by atoms with Crippen LogP contribution in [0.3, 0.4) is 0 Å². The van der Waals surface area contributed by atoms with Gasteiger partial charge in [-0.1, -0.05) is 17.7 Å². The molecule has 4 fully saturated rings. The Balaban J connectivity index is 0.755. The average molecular weight is 761 g/mol. The number of ether oxygens (including phenoxy) is 1. The topological polar surface area (TPSA) is 133 Å². The lowest BCUT2D eigenvalue weighted by atomic mass is 9.92. The molecule has 0 aromatic heterocycles. The van der Waals surface area contributed by atoms with E-state index in [0.717, 1.165) is 86.3 Å². The van der Waals surface area contributed by atoms with E-state index in [1.165, 1.54) is 0 Å². The summed E-state index contributed by atoms with van der Waals surface area (Å²) in [5.74, 6) is -0.820. The summed E-state index contributed by atoms with van der Waals surface area (Å²) in [4.78, 5) is 73.3. The van der Waals surface area contributed by atoms with Gasteiger partial charge in [0.15, 0.2) is 0 Å². The largest absolute Gasteiger partial charge is 0.487 e. The van der Waals surface area contributed by atoms with E-state index >= 15 is 0 Å². The third-order valence-electron chi connectivity index (χ3n) is 12.7. The number of piperidine rings is 2. The summed E-state index contributed by atoms with van der Waals surface area (Å²) in [5.41, 5.74) is 4.27. The smallest absolute Gasteiger partial charge is 0.262 e. The third kappa shape index (κ3) is 6.43. The average Bonchev–Trinajstić information content (AvgIpc) is 3.90. The van der Waals surface area contributed by atoms with Gasteiger partial charge in [0.1, 0.15) is 17.4 Å². The first-order chi connectivity index (χ1) is 26.5. The Morgan fingerprint density at radius 3 is 2.20 bits per heavy atom. The van der Waals surface area contributed by atoms with Crippen molar-refractivity contribution < 1.29 is 28.7 Å². The van der Waals surface area contributed by atoms with Crippen LogP contribution in [0.15, 0.2) is 54.6 Å². The molecule has 2 N–H and O–H groups in total. The fraction of sp³-hybridized carbons (Fsp3) is 0.429. The molecule has 9 rings (SSSR count). The van der Waals surface area contributed by atoms with Crippen LogP contribution in [-0.4, -0.2) is 76.2 Å². The van der Waals surface area contributed by atoms with Crippen LogP contribution in [-0.2, 0) is 22.7 Å². The monoisotopic (exact) mass is 760 g/mol. The fourth-order valence-electron chi connectivity index (χ4n) is 9.80. The van der Waals surface area contributed by atoms with E-state index < -0.39 is 23.8 Å². The molecule has 5 amide bonds. The second kappa shape index (κ2) is 13.5. The lowest BCUT2D eigenvalue weighted by molar-refractivity contribution is -0.136. The van der Waals surface area contributed by atoms with Crippen molar-refractivity contribution in [3.63, 3.8) is 0 Å². The second-order valence-corrected chi connectivity index (χ2v) is 16.6. The van der Waals surface area contributed by atoms with Gasteiger partial charge in [-0.15, -0.1) is 0 Å². The van der Waals surface area contributed by atoms with Crippen LogP contribution < -0.4 is 20.3 Å². The van der Waals surface area contributed by atoms with Crippen molar-refractivity contribution >= 4 is 52.5 Å². The van der Waals surface area contributed by atoms with E-state index in [4.69, 9.17) is 22.9 Å². The van der Waals surface area contributed by atoms with E-state index in [2.05, 4.69) is 25.3 Å². The van der Waals surface area contributed by atoms with Crippen LogP contribution >= 0.6 is 11.6 Å². The fourth-order valence-corrected chi connectivity index (χ4v) is 10.0. The number of carbonyl (C=O) groups is 5. The molecule has 0 spiro atoms. The normalized spacial score (nSPS) is 26.2. The third-order valence-corrected chi connectivity index (χ3v) is 13.0. The van der Waals surface area contributed by atoms with Crippen molar-refractivity contribution in [2.45, 2.75) is 88.1 Å². The quantitative estimate of drug-likeness (QED) is 0.218. The molecule has 3 aromatic rings. The summed E-state index contributed by atoms with van der Waals surface area (Å²) in [5, 5.41) is 5.99.